The lowest BCUT2D eigenvalue weighted by molar-refractivity contribution is -0.161. The molecule has 17 nitrogen and oxygen atoms in total. The summed E-state index contributed by atoms with van der Waals surface area (Å²) in [4.78, 5) is 73.0. The molecule has 2 unspecified atom stereocenters. The maximum Gasteiger partial charge on any atom is 0.472 e. The smallest absolute Gasteiger partial charge is 0.462 e. The van der Waals surface area contributed by atoms with Gasteiger partial charge in [0.2, 0.25) is 0 Å². The Morgan fingerprint density at radius 2 is 0.465 bits per heavy atom. The van der Waals surface area contributed by atoms with E-state index in [4.69, 9.17) is 37.0 Å². The van der Waals surface area contributed by atoms with Crippen molar-refractivity contribution in [1.82, 2.24) is 0 Å². The first-order valence-electron chi connectivity index (χ1n) is 41.6. The first kappa shape index (κ1) is 97.1. The van der Waals surface area contributed by atoms with Gasteiger partial charge in [0.05, 0.1) is 26.4 Å². The first-order chi connectivity index (χ1) is 48.0. The second-order valence-electron chi connectivity index (χ2n) is 29.3. The van der Waals surface area contributed by atoms with Crippen molar-refractivity contribution in [2.75, 3.05) is 39.6 Å². The van der Waals surface area contributed by atoms with Gasteiger partial charge in [-0.05, 0) is 31.6 Å². The van der Waals surface area contributed by atoms with Crippen LogP contribution >= 0.6 is 15.6 Å². The Labute approximate surface area is 607 Å². The van der Waals surface area contributed by atoms with Gasteiger partial charge < -0.3 is 33.8 Å². The normalized spacial score (nSPS) is 13.9. The molecule has 0 aromatic rings. The molecule has 5 atom stereocenters. The molecule has 0 radical (unpaired) electrons. The number of aliphatic hydroxyl groups excluding tert-OH is 1. The Kier molecular flexibility index (Phi) is 71.6. The van der Waals surface area contributed by atoms with Crippen LogP contribution in [0.5, 0.6) is 0 Å². The molecule has 0 aromatic carbocycles. The van der Waals surface area contributed by atoms with Gasteiger partial charge in [0, 0.05) is 25.7 Å². The lowest BCUT2D eigenvalue weighted by atomic mass is 10.0. The third kappa shape index (κ3) is 74.1. The highest BCUT2D eigenvalue weighted by Gasteiger charge is 2.30. The molecule has 0 aromatic heterocycles. The van der Waals surface area contributed by atoms with E-state index in [-0.39, 0.29) is 25.7 Å². The van der Waals surface area contributed by atoms with Crippen molar-refractivity contribution in [2.45, 2.75) is 445 Å². The van der Waals surface area contributed by atoms with E-state index in [0.29, 0.717) is 25.7 Å². The molecule has 0 rings (SSSR count). The van der Waals surface area contributed by atoms with Crippen LogP contribution in [0.15, 0.2) is 0 Å². The van der Waals surface area contributed by atoms with Crippen LogP contribution in [0.2, 0.25) is 0 Å². The number of hydrogen-bond acceptors (Lipinski definition) is 15. The summed E-state index contributed by atoms with van der Waals surface area (Å²) in [5, 5.41) is 10.6. The van der Waals surface area contributed by atoms with Crippen molar-refractivity contribution < 1.29 is 80.2 Å². The number of rotatable bonds is 80. The third-order valence-electron chi connectivity index (χ3n) is 18.8. The quantitative estimate of drug-likeness (QED) is 0.0222. The van der Waals surface area contributed by atoms with Crippen LogP contribution in [0.3, 0.4) is 0 Å². The second-order valence-corrected chi connectivity index (χ2v) is 32.2. The fourth-order valence-corrected chi connectivity index (χ4v) is 14.0. The molecule has 0 heterocycles. The molecular weight excluding hydrogens is 1290 g/mol. The SMILES string of the molecule is CCCCCCCCCCCCCCCCCCC(=O)OC[C@H](COP(=O)(O)OC[C@@H](O)COP(=O)(O)OC[C@@H](COC(=O)CCCCCCCCCCCCCCC)OC(=O)CCCCCCCCCCCCCC(C)C)OC(=O)CCCCCCCCCCCCCCCCCC. The number of ether oxygens (including phenoxy) is 4. The predicted octanol–water partition coefficient (Wildman–Crippen LogP) is 24.0. The summed E-state index contributed by atoms with van der Waals surface area (Å²) in [7, 11) is -9.92. The number of phosphoric acid groups is 2. The molecule has 0 aliphatic rings. The number of carbonyl (C=O) groups is 4. The first-order valence-corrected chi connectivity index (χ1v) is 44.6. The lowest BCUT2D eigenvalue weighted by Crippen LogP contribution is -2.30. The maximum atomic E-state index is 13.1. The van der Waals surface area contributed by atoms with E-state index >= 15 is 0 Å². The zero-order valence-corrected chi connectivity index (χ0v) is 66.4. The van der Waals surface area contributed by atoms with Gasteiger partial charge in [-0.1, -0.05) is 375 Å². The number of esters is 4. The van der Waals surface area contributed by atoms with E-state index < -0.39 is 97.5 Å². The van der Waals surface area contributed by atoms with E-state index in [0.717, 1.165) is 95.8 Å². The van der Waals surface area contributed by atoms with Gasteiger partial charge in [0.1, 0.15) is 19.3 Å². The van der Waals surface area contributed by atoms with Crippen LogP contribution in [0, 0.1) is 5.92 Å². The molecule has 0 saturated carbocycles. The van der Waals surface area contributed by atoms with Crippen molar-refractivity contribution in [2.24, 2.45) is 5.92 Å². The Morgan fingerprint density at radius 1 is 0.273 bits per heavy atom. The molecule has 588 valence electrons. The zero-order chi connectivity index (χ0) is 72.7. The fraction of sp³-hybridized carbons (Fsp3) is 0.950. The molecule has 0 fully saturated rings. The molecule has 0 bridgehead atoms. The van der Waals surface area contributed by atoms with Crippen LogP contribution in [-0.2, 0) is 65.4 Å². The summed E-state index contributed by atoms with van der Waals surface area (Å²) in [5.74, 6) is -1.34. The second kappa shape index (κ2) is 73.0. The Bertz CT molecular complexity index is 1890. The molecule has 0 saturated heterocycles. The van der Waals surface area contributed by atoms with Crippen LogP contribution in [0.1, 0.15) is 426 Å². The van der Waals surface area contributed by atoms with E-state index in [1.165, 1.54) is 250 Å². The molecule has 0 spiro atoms. The summed E-state index contributed by atoms with van der Waals surface area (Å²) in [6.07, 6.45) is 63.6. The molecule has 99 heavy (non-hydrogen) atoms. The molecule has 3 N–H and O–H groups in total. The number of carbonyl (C=O) groups excluding carboxylic acids is 4. The van der Waals surface area contributed by atoms with Gasteiger partial charge in [-0.25, -0.2) is 9.13 Å². The van der Waals surface area contributed by atoms with Gasteiger partial charge in [0.25, 0.3) is 0 Å². The minimum atomic E-state index is -4.96. The summed E-state index contributed by atoms with van der Waals surface area (Å²) in [6.45, 7) is 7.34. The van der Waals surface area contributed by atoms with Gasteiger partial charge in [0.15, 0.2) is 12.2 Å². The van der Waals surface area contributed by atoms with Crippen LogP contribution in [-0.4, -0.2) is 96.7 Å². The topological polar surface area (TPSA) is 237 Å². The van der Waals surface area contributed by atoms with Crippen molar-refractivity contribution in [3.63, 3.8) is 0 Å². The highest BCUT2D eigenvalue weighted by molar-refractivity contribution is 7.47. The molecular formula is C80H156O17P2. The number of unbranched alkanes of at least 4 members (excludes halogenated alkanes) is 52. The predicted molar refractivity (Wildman–Crippen MR) is 405 cm³/mol. The Hall–Kier alpha value is -1.94. The molecule has 0 amide bonds. The summed E-state index contributed by atoms with van der Waals surface area (Å²) in [6, 6.07) is 0. The maximum absolute atomic E-state index is 13.1. The van der Waals surface area contributed by atoms with E-state index in [9.17, 15) is 43.2 Å². The summed E-state index contributed by atoms with van der Waals surface area (Å²) >= 11 is 0. The van der Waals surface area contributed by atoms with Crippen molar-refractivity contribution in [3.8, 4) is 0 Å². The monoisotopic (exact) mass is 1450 g/mol. The molecule has 0 aliphatic heterocycles. The fourth-order valence-electron chi connectivity index (χ4n) is 12.4. The van der Waals surface area contributed by atoms with Crippen molar-refractivity contribution in [1.29, 1.82) is 0 Å². The number of aliphatic hydroxyl groups is 1. The Morgan fingerprint density at radius 3 is 0.687 bits per heavy atom. The van der Waals surface area contributed by atoms with Gasteiger partial charge >= 0.3 is 39.5 Å². The van der Waals surface area contributed by atoms with Crippen LogP contribution < -0.4 is 0 Å². The third-order valence-corrected chi connectivity index (χ3v) is 20.7. The standard InChI is InChI=1S/C80H156O17P2/c1-6-9-12-15-18-21-24-27-29-31-34-39-44-49-54-59-64-78(83)91-69-75(96-79(84)65-60-55-50-45-40-35-32-30-28-25-22-19-16-13-10-7-2)71-94-98(86,87)92-67-74(81)68-93-99(88,89)95-72-76(70-90-77(82)63-58-53-48-43-38-33-26-23-20-17-14-11-8-3)97-80(85)66-61-56-51-46-41-36-37-42-47-52-57-62-73(4)5/h73-76,81H,6-72H2,1-5H3,(H,86,87)(H,88,89)/t74-,75-,76-/m1/s1. The van der Waals surface area contributed by atoms with E-state index in [1.807, 2.05) is 0 Å². The van der Waals surface area contributed by atoms with Crippen molar-refractivity contribution in [3.05, 3.63) is 0 Å². The Balaban J connectivity index is 5.27. The summed E-state index contributed by atoms with van der Waals surface area (Å²) < 4.78 is 68.7. The average molecular weight is 1450 g/mol. The minimum absolute atomic E-state index is 0.107. The highest BCUT2D eigenvalue weighted by atomic mass is 31.2. The van der Waals surface area contributed by atoms with E-state index in [2.05, 4.69) is 34.6 Å². The van der Waals surface area contributed by atoms with Crippen LogP contribution in [0.4, 0.5) is 0 Å². The highest BCUT2D eigenvalue weighted by Crippen LogP contribution is 2.45. The van der Waals surface area contributed by atoms with Gasteiger partial charge in [-0.3, -0.25) is 37.3 Å². The summed E-state index contributed by atoms with van der Waals surface area (Å²) in [5.41, 5.74) is 0. The van der Waals surface area contributed by atoms with E-state index in [1.54, 1.807) is 0 Å². The zero-order valence-electron chi connectivity index (χ0n) is 64.6. The molecule has 19 heteroatoms. The van der Waals surface area contributed by atoms with Crippen molar-refractivity contribution >= 4 is 39.5 Å². The number of phosphoric ester groups is 2. The van der Waals surface area contributed by atoms with Crippen LogP contribution in [0.25, 0.3) is 0 Å². The molecule has 0 aliphatic carbocycles. The average Bonchev–Trinajstić information content (AvgIpc) is 1.00. The minimum Gasteiger partial charge on any atom is -0.462 e. The van der Waals surface area contributed by atoms with Gasteiger partial charge in [-0.2, -0.15) is 0 Å². The largest absolute Gasteiger partial charge is 0.472 e. The van der Waals surface area contributed by atoms with Gasteiger partial charge in [-0.15, -0.1) is 0 Å². The number of hydrogen-bond donors (Lipinski definition) is 3. The lowest BCUT2D eigenvalue weighted by Gasteiger charge is -2.21.